The molecule has 3 rings (SSSR count). The molecule has 5 heteroatoms. The number of halogens is 1. The van der Waals surface area contributed by atoms with Crippen molar-refractivity contribution in [3.05, 3.63) is 82.5 Å². The molecule has 1 amide bonds. The number of carbonyl (C=O) groups is 1. The first-order valence-electron chi connectivity index (χ1n) is 7.48. The predicted octanol–water partition coefficient (Wildman–Crippen LogP) is 5.15. The Balaban J connectivity index is 1.86. The van der Waals surface area contributed by atoms with Crippen LogP contribution < -0.4 is 10.6 Å². The molecule has 0 aliphatic carbocycles. The van der Waals surface area contributed by atoms with E-state index >= 15 is 0 Å². The van der Waals surface area contributed by atoms with E-state index in [-0.39, 0.29) is 5.91 Å². The van der Waals surface area contributed by atoms with E-state index in [4.69, 9.17) is 0 Å². The molecule has 0 unspecified atom stereocenters. The number of rotatable bonds is 4. The van der Waals surface area contributed by atoms with Crippen molar-refractivity contribution in [2.45, 2.75) is 6.92 Å². The second kappa shape index (κ2) is 7.27. The van der Waals surface area contributed by atoms with Crippen LogP contribution in [-0.2, 0) is 0 Å². The Morgan fingerprint density at radius 3 is 2.67 bits per heavy atom. The van der Waals surface area contributed by atoms with E-state index in [1.165, 1.54) is 0 Å². The Morgan fingerprint density at radius 2 is 1.88 bits per heavy atom. The van der Waals surface area contributed by atoms with Crippen LogP contribution in [0.5, 0.6) is 0 Å². The number of aryl methyl sites for hydroxylation is 1. The van der Waals surface area contributed by atoms with Crippen molar-refractivity contribution in [2.75, 3.05) is 10.6 Å². The predicted molar refractivity (Wildman–Crippen MR) is 101 cm³/mol. The summed E-state index contributed by atoms with van der Waals surface area (Å²) in [4.78, 5) is 16.9. The zero-order valence-electron chi connectivity index (χ0n) is 13.1. The first-order chi connectivity index (χ1) is 11.6. The van der Waals surface area contributed by atoms with Crippen LogP contribution in [0.4, 0.5) is 17.2 Å². The number of hydrogen-bond acceptors (Lipinski definition) is 3. The van der Waals surface area contributed by atoms with Gasteiger partial charge in [0.1, 0.15) is 5.82 Å². The van der Waals surface area contributed by atoms with Gasteiger partial charge in [-0.25, -0.2) is 4.98 Å². The molecule has 0 aliphatic heterocycles. The maximum atomic E-state index is 12.6. The molecule has 0 saturated carbocycles. The Bertz CT molecular complexity index is 880. The van der Waals surface area contributed by atoms with Crippen LogP contribution in [0.2, 0.25) is 0 Å². The fourth-order valence-electron chi connectivity index (χ4n) is 2.30. The van der Waals surface area contributed by atoms with Gasteiger partial charge in [0.15, 0.2) is 0 Å². The van der Waals surface area contributed by atoms with E-state index in [9.17, 15) is 4.79 Å². The number of anilines is 3. The lowest BCUT2D eigenvalue weighted by atomic mass is 10.2. The Hall–Kier alpha value is -2.66. The van der Waals surface area contributed by atoms with Gasteiger partial charge in [-0.15, -0.1) is 0 Å². The van der Waals surface area contributed by atoms with Gasteiger partial charge in [0.25, 0.3) is 5.91 Å². The van der Waals surface area contributed by atoms with Gasteiger partial charge in [0, 0.05) is 16.4 Å². The zero-order valence-corrected chi connectivity index (χ0v) is 14.7. The number of amides is 1. The molecular weight excluding hydrogens is 366 g/mol. The highest BCUT2D eigenvalue weighted by Gasteiger charge is 2.13. The molecular formula is C19H16BrN3O. The van der Waals surface area contributed by atoms with Gasteiger partial charge in [0.05, 0.1) is 11.3 Å². The molecule has 1 heterocycles. The summed E-state index contributed by atoms with van der Waals surface area (Å²) in [6.45, 7) is 1.99. The van der Waals surface area contributed by atoms with Gasteiger partial charge in [0.2, 0.25) is 0 Å². The normalized spacial score (nSPS) is 10.2. The number of nitrogens with zero attached hydrogens (tertiary/aromatic N) is 1. The Labute approximate surface area is 149 Å². The maximum absolute atomic E-state index is 12.6. The number of aromatic nitrogens is 1. The van der Waals surface area contributed by atoms with Crippen LogP contribution >= 0.6 is 15.9 Å². The Morgan fingerprint density at radius 1 is 1.04 bits per heavy atom. The molecule has 1 aromatic heterocycles. The number of carbonyl (C=O) groups excluding carboxylic acids is 1. The van der Waals surface area contributed by atoms with E-state index in [1.54, 1.807) is 18.3 Å². The minimum atomic E-state index is -0.205. The minimum Gasteiger partial charge on any atom is -0.339 e. The SMILES string of the molecule is Cc1cccc(NC(=O)c2cccnc2Nc2ccccc2Br)c1. The van der Waals surface area contributed by atoms with Crippen molar-refractivity contribution in [1.29, 1.82) is 0 Å². The van der Waals surface area contributed by atoms with Crippen molar-refractivity contribution in [3.8, 4) is 0 Å². The van der Waals surface area contributed by atoms with E-state index in [1.807, 2.05) is 55.5 Å². The number of pyridine rings is 1. The molecule has 0 bridgehead atoms. The van der Waals surface area contributed by atoms with E-state index in [0.29, 0.717) is 11.4 Å². The van der Waals surface area contributed by atoms with Gasteiger partial charge >= 0.3 is 0 Å². The first kappa shape index (κ1) is 16.2. The average molecular weight is 382 g/mol. The highest BCUT2D eigenvalue weighted by Crippen LogP contribution is 2.26. The summed E-state index contributed by atoms with van der Waals surface area (Å²) in [5.41, 5.74) is 3.18. The van der Waals surface area contributed by atoms with Gasteiger partial charge < -0.3 is 10.6 Å². The third kappa shape index (κ3) is 3.81. The highest BCUT2D eigenvalue weighted by atomic mass is 79.9. The van der Waals surface area contributed by atoms with Crippen LogP contribution in [0.1, 0.15) is 15.9 Å². The molecule has 2 N–H and O–H groups in total. The third-order valence-corrected chi connectivity index (χ3v) is 4.15. The largest absolute Gasteiger partial charge is 0.339 e. The van der Waals surface area contributed by atoms with E-state index in [0.717, 1.165) is 21.4 Å². The molecule has 0 aliphatic rings. The fraction of sp³-hybridized carbons (Fsp3) is 0.0526. The topological polar surface area (TPSA) is 54.0 Å². The van der Waals surface area contributed by atoms with Gasteiger partial charge in [-0.2, -0.15) is 0 Å². The quantitative estimate of drug-likeness (QED) is 0.656. The van der Waals surface area contributed by atoms with E-state index < -0.39 is 0 Å². The molecule has 0 radical (unpaired) electrons. The van der Waals surface area contributed by atoms with Crippen LogP contribution in [0.15, 0.2) is 71.3 Å². The smallest absolute Gasteiger partial charge is 0.259 e. The monoisotopic (exact) mass is 381 g/mol. The molecule has 3 aromatic rings. The maximum Gasteiger partial charge on any atom is 0.259 e. The molecule has 0 fully saturated rings. The number of benzene rings is 2. The van der Waals surface area contributed by atoms with Crippen molar-refractivity contribution < 1.29 is 4.79 Å². The lowest BCUT2D eigenvalue weighted by Crippen LogP contribution is -2.14. The summed E-state index contributed by atoms with van der Waals surface area (Å²) in [6.07, 6.45) is 1.66. The summed E-state index contributed by atoms with van der Waals surface area (Å²) in [5, 5.41) is 6.11. The van der Waals surface area contributed by atoms with Crippen molar-refractivity contribution >= 4 is 39.0 Å². The van der Waals surface area contributed by atoms with Crippen molar-refractivity contribution in [3.63, 3.8) is 0 Å². The number of para-hydroxylation sites is 1. The standard InChI is InChI=1S/C19H16BrN3O/c1-13-6-4-7-14(12-13)22-19(24)15-8-5-11-21-18(15)23-17-10-3-2-9-16(17)20/h2-12H,1H3,(H,21,23)(H,22,24). The van der Waals surface area contributed by atoms with Gasteiger partial charge in [-0.1, -0.05) is 24.3 Å². The van der Waals surface area contributed by atoms with Gasteiger partial charge in [-0.05, 0) is 64.8 Å². The lowest BCUT2D eigenvalue weighted by Gasteiger charge is -2.12. The van der Waals surface area contributed by atoms with Crippen molar-refractivity contribution in [2.24, 2.45) is 0 Å². The summed E-state index contributed by atoms with van der Waals surface area (Å²) >= 11 is 3.49. The molecule has 0 atom stereocenters. The number of nitrogens with one attached hydrogen (secondary N) is 2. The Kier molecular flexibility index (Phi) is 4.91. The first-order valence-corrected chi connectivity index (χ1v) is 8.27. The molecule has 4 nitrogen and oxygen atoms in total. The average Bonchev–Trinajstić information content (AvgIpc) is 2.57. The van der Waals surface area contributed by atoms with Crippen molar-refractivity contribution in [1.82, 2.24) is 4.98 Å². The summed E-state index contributed by atoms with van der Waals surface area (Å²) in [7, 11) is 0. The molecule has 120 valence electrons. The summed E-state index contributed by atoms with van der Waals surface area (Å²) in [6, 6.07) is 18.9. The molecule has 24 heavy (non-hydrogen) atoms. The van der Waals surface area contributed by atoms with Gasteiger partial charge in [-0.3, -0.25) is 4.79 Å². The molecule has 2 aromatic carbocycles. The zero-order chi connectivity index (χ0) is 16.9. The van der Waals surface area contributed by atoms with Crippen LogP contribution in [0, 0.1) is 6.92 Å². The van der Waals surface area contributed by atoms with E-state index in [2.05, 4.69) is 31.5 Å². The second-order valence-electron chi connectivity index (χ2n) is 5.33. The molecule has 0 saturated heterocycles. The van der Waals surface area contributed by atoms with Crippen LogP contribution in [-0.4, -0.2) is 10.9 Å². The lowest BCUT2D eigenvalue weighted by molar-refractivity contribution is 0.102. The minimum absolute atomic E-state index is 0.205. The second-order valence-corrected chi connectivity index (χ2v) is 6.18. The highest BCUT2D eigenvalue weighted by molar-refractivity contribution is 9.10. The third-order valence-electron chi connectivity index (χ3n) is 3.46. The fourth-order valence-corrected chi connectivity index (χ4v) is 2.68. The molecule has 0 spiro atoms. The van der Waals surface area contributed by atoms with Crippen LogP contribution in [0.3, 0.4) is 0 Å². The van der Waals surface area contributed by atoms with Crippen LogP contribution in [0.25, 0.3) is 0 Å². The number of hydrogen-bond donors (Lipinski definition) is 2. The summed E-state index contributed by atoms with van der Waals surface area (Å²) in [5.74, 6) is 0.304. The summed E-state index contributed by atoms with van der Waals surface area (Å²) < 4.78 is 0.903.